The van der Waals surface area contributed by atoms with Crippen LogP contribution >= 0.6 is 11.6 Å². The Kier molecular flexibility index (Phi) is 4.87. The zero-order valence-corrected chi connectivity index (χ0v) is 15.8. The fourth-order valence-corrected chi connectivity index (χ4v) is 3.08. The fraction of sp³-hybridized carbons (Fsp3) is 0.0476. The molecule has 0 aliphatic carbocycles. The molecule has 1 aliphatic heterocycles. The highest BCUT2D eigenvalue weighted by Gasteiger charge is 2.31. The van der Waals surface area contributed by atoms with E-state index in [1.165, 1.54) is 30.3 Å². The first-order valence-corrected chi connectivity index (χ1v) is 9.00. The molecule has 3 aromatic carbocycles. The minimum absolute atomic E-state index is 0.143. The molecule has 0 aromatic heterocycles. The Morgan fingerprint density at radius 2 is 1.77 bits per heavy atom. The normalized spacial score (nSPS) is 12.7. The average molecular weight is 433 g/mol. The molecule has 2 N–H and O–H groups in total. The molecule has 4 rings (SSSR count). The summed E-state index contributed by atoms with van der Waals surface area (Å²) >= 11 is 5.94. The lowest BCUT2D eigenvalue weighted by atomic mass is 10.1. The van der Waals surface area contributed by atoms with E-state index >= 15 is 0 Å². The van der Waals surface area contributed by atoms with E-state index in [0.29, 0.717) is 16.5 Å². The number of nitrogens with one attached hydrogen (secondary N) is 2. The van der Waals surface area contributed by atoms with Gasteiger partial charge in [0.05, 0.1) is 16.8 Å². The molecule has 0 fully saturated rings. The summed E-state index contributed by atoms with van der Waals surface area (Å²) in [5.74, 6) is -0.579. The summed E-state index contributed by atoms with van der Waals surface area (Å²) in [6.45, 7) is 0. The lowest BCUT2D eigenvalue weighted by molar-refractivity contribution is -0.137. The van der Waals surface area contributed by atoms with Gasteiger partial charge in [-0.1, -0.05) is 17.7 Å². The van der Waals surface area contributed by atoms with Crippen LogP contribution in [-0.4, -0.2) is 11.8 Å². The smallest absolute Gasteiger partial charge is 0.416 e. The Morgan fingerprint density at radius 1 is 1.00 bits per heavy atom. The molecule has 152 valence electrons. The number of fused-ring (bicyclic) bond motifs is 2. The van der Waals surface area contributed by atoms with Crippen LogP contribution in [0.15, 0.2) is 60.7 Å². The Bertz CT molecular complexity index is 1180. The third-order valence-corrected chi connectivity index (χ3v) is 4.58. The van der Waals surface area contributed by atoms with Crippen LogP contribution in [0.3, 0.4) is 0 Å². The van der Waals surface area contributed by atoms with Crippen molar-refractivity contribution in [2.45, 2.75) is 6.18 Å². The Hall–Kier alpha value is -3.52. The first-order valence-electron chi connectivity index (χ1n) is 8.62. The van der Waals surface area contributed by atoms with E-state index < -0.39 is 23.6 Å². The van der Waals surface area contributed by atoms with Crippen LogP contribution < -0.4 is 15.4 Å². The van der Waals surface area contributed by atoms with Gasteiger partial charge in [-0.25, -0.2) is 0 Å². The molecular weight excluding hydrogens is 421 g/mol. The van der Waals surface area contributed by atoms with Gasteiger partial charge in [-0.15, -0.1) is 0 Å². The average Bonchev–Trinajstić information content (AvgIpc) is 2.83. The van der Waals surface area contributed by atoms with Gasteiger partial charge in [-0.3, -0.25) is 9.59 Å². The molecule has 0 saturated heterocycles. The Balaban J connectivity index is 1.60. The van der Waals surface area contributed by atoms with Crippen molar-refractivity contribution in [3.05, 3.63) is 82.4 Å². The molecule has 9 heteroatoms. The topological polar surface area (TPSA) is 67.4 Å². The number of ether oxygens (including phenoxy) is 1. The minimum Gasteiger partial charge on any atom is -0.454 e. The van der Waals surface area contributed by atoms with Crippen LogP contribution in [0.5, 0.6) is 11.5 Å². The van der Waals surface area contributed by atoms with Gasteiger partial charge in [-0.2, -0.15) is 13.2 Å². The summed E-state index contributed by atoms with van der Waals surface area (Å²) in [5, 5.41) is 5.58. The number of rotatable bonds is 2. The molecule has 0 radical (unpaired) electrons. The summed E-state index contributed by atoms with van der Waals surface area (Å²) in [7, 11) is 0. The van der Waals surface area contributed by atoms with Crippen LogP contribution in [0.4, 0.5) is 24.5 Å². The van der Waals surface area contributed by atoms with Crippen LogP contribution in [0.2, 0.25) is 5.02 Å². The lowest BCUT2D eigenvalue weighted by Gasteiger charge is -2.11. The van der Waals surface area contributed by atoms with Gasteiger partial charge < -0.3 is 15.4 Å². The number of benzene rings is 3. The van der Waals surface area contributed by atoms with Gasteiger partial charge in [0.15, 0.2) is 5.75 Å². The molecule has 0 saturated carbocycles. The van der Waals surface area contributed by atoms with Gasteiger partial charge in [0.25, 0.3) is 11.8 Å². The first-order chi connectivity index (χ1) is 14.2. The largest absolute Gasteiger partial charge is 0.454 e. The predicted molar refractivity (Wildman–Crippen MR) is 105 cm³/mol. The molecule has 1 aliphatic rings. The fourth-order valence-electron chi connectivity index (χ4n) is 2.91. The molecule has 3 aromatic rings. The Morgan fingerprint density at radius 3 is 2.53 bits per heavy atom. The maximum Gasteiger partial charge on any atom is 0.416 e. The molecule has 0 atom stereocenters. The number of anilines is 2. The third kappa shape index (κ3) is 3.95. The molecule has 0 unspecified atom stereocenters. The molecule has 2 amide bonds. The molecular formula is C21H12ClF3N2O3. The second kappa shape index (κ2) is 7.38. The predicted octanol–water partition coefficient (Wildman–Crippen LogP) is 5.97. The third-order valence-electron chi connectivity index (χ3n) is 4.34. The maximum absolute atomic E-state index is 12.9. The Labute approximate surface area is 173 Å². The number of alkyl halides is 3. The van der Waals surface area contributed by atoms with E-state index in [-0.39, 0.29) is 22.6 Å². The highest BCUT2D eigenvalue weighted by Crippen LogP contribution is 2.38. The second-order valence-corrected chi connectivity index (χ2v) is 6.88. The lowest BCUT2D eigenvalue weighted by Crippen LogP contribution is -2.15. The highest BCUT2D eigenvalue weighted by molar-refractivity contribution is 6.31. The van der Waals surface area contributed by atoms with Crippen LogP contribution in [0.25, 0.3) is 0 Å². The number of amides is 2. The van der Waals surface area contributed by atoms with Gasteiger partial charge in [0.1, 0.15) is 5.75 Å². The summed E-state index contributed by atoms with van der Waals surface area (Å²) in [5.41, 5.74) is -0.342. The van der Waals surface area contributed by atoms with Crippen molar-refractivity contribution in [1.82, 2.24) is 0 Å². The van der Waals surface area contributed by atoms with E-state index in [4.69, 9.17) is 16.3 Å². The highest BCUT2D eigenvalue weighted by atomic mass is 35.5. The van der Waals surface area contributed by atoms with E-state index in [9.17, 15) is 22.8 Å². The van der Waals surface area contributed by atoms with Crippen molar-refractivity contribution in [2.75, 3.05) is 10.6 Å². The molecule has 0 spiro atoms. The van der Waals surface area contributed by atoms with Crippen LogP contribution in [-0.2, 0) is 6.18 Å². The number of hydrogen-bond donors (Lipinski definition) is 2. The standard InChI is InChI=1S/C21H12ClF3N2O3/c22-13-4-6-18-16(9-13)27-20(29)15-10-14(5-7-17(15)30-18)26-19(28)11-2-1-3-12(8-11)21(23,24)25/h1-10H,(H,26,28)(H,27,29). The van der Waals surface area contributed by atoms with Crippen molar-refractivity contribution in [3.63, 3.8) is 0 Å². The SMILES string of the molecule is O=C(Nc1ccc2c(c1)C(=O)Nc1cc(Cl)ccc1O2)c1cccc(C(F)(F)F)c1. The van der Waals surface area contributed by atoms with Crippen LogP contribution in [0, 0.1) is 0 Å². The van der Waals surface area contributed by atoms with E-state index in [2.05, 4.69) is 10.6 Å². The zero-order chi connectivity index (χ0) is 21.5. The maximum atomic E-state index is 12.9. The van der Waals surface area contributed by atoms with E-state index in [1.54, 1.807) is 12.1 Å². The number of halogens is 4. The number of carbonyl (C=O) groups excluding carboxylic acids is 2. The minimum atomic E-state index is -4.56. The summed E-state index contributed by atoms with van der Waals surface area (Å²) in [4.78, 5) is 25.0. The van der Waals surface area contributed by atoms with Crippen molar-refractivity contribution in [3.8, 4) is 11.5 Å². The van der Waals surface area contributed by atoms with Gasteiger partial charge >= 0.3 is 6.18 Å². The molecule has 5 nitrogen and oxygen atoms in total. The number of carbonyl (C=O) groups is 2. The number of hydrogen-bond acceptors (Lipinski definition) is 3. The summed E-state index contributed by atoms with van der Waals surface area (Å²) in [6.07, 6.45) is -4.56. The molecule has 1 heterocycles. The van der Waals surface area contributed by atoms with Gasteiger partial charge in [0.2, 0.25) is 0 Å². The second-order valence-electron chi connectivity index (χ2n) is 6.44. The van der Waals surface area contributed by atoms with Crippen molar-refractivity contribution >= 4 is 34.8 Å². The van der Waals surface area contributed by atoms with Crippen molar-refractivity contribution < 1.29 is 27.5 Å². The van der Waals surface area contributed by atoms with Gasteiger partial charge in [-0.05, 0) is 54.6 Å². The molecule has 30 heavy (non-hydrogen) atoms. The van der Waals surface area contributed by atoms with Gasteiger partial charge in [0, 0.05) is 16.3 Å². The van der Waals surface area contributed by atoms with Crippen LogP contribution in [0.1, 0.15) is 26.3 Å². The van der Waals surface area contributed by atoms with Crippen molar-refractivity contribution in [1.29, 1.82) is 0 Å². The summed E-state index contributed by atoms with van der Waals surface area (Å²) in [6, 6.07) is 13.2. The quantitative estimate of drug-likeness (QED) is 0.524. The zero-order valence-electron chi connectivity index (χ0n) is 15.0. The first kappa shape index (κ1) is 19.8. The van der Waals surface area contributed by atoms with Crippen molar-refractivity contribution in [2.24, 2.45) is 0 Å². The monoisotopic (exact) mass is 432 g/mol. The van der Waals surface area contributed by atoms with E-state index in [1.807, 2.05) is 0 Å². The molecule has 0 bridgehead atoms. The summed E-state index contributed by atoms with van der Waals surface area (Å²) < 4.78 is 44.3. The van der Waals surface area contributed by atoms with E-state index in [0.717, 1.165) is 18.2 Å².